The Labute approximate surface area is 107 Å². The molecule has 4 heteroatoms. The number of benzene rings is 1. The molecule has 1 fully saturated rings. The molecule has 0 spiro atoms. The Hall–Kier alpha value is -1.22. The van der Waals surface area contributed by atoms with Gasteiger partial charge in [0, 0.05) is 18.1 Å². The van der Waals surface area contributed by atoms with Crippen LogP contribution in [0.3, 0.4) is 0 Å². The first-order valence-corrected chi connectivity index (χ1v) is 6.40. The number of piperidine rings is 1. The van der Waals surface area contributed by atoms with E-state index in [1.807, 2.05) is 25.1 Å². The van der Waals surface area contributed by atoms with Gasteiger partial charge in [-0.05, 0) is 43.9 Å². The van der Waals surface area contributed by atoms with Crippen LogP contribution in [0.4, 0.5) is 5.69 Å². The Bertz CT molecular complexity index is 423. The van der Waals surface area contributed by atoms with Crippen molar-refractivity contribution in [3.63, 3.8) is 0 Å². The second-order valence-electron chi connectivity index (χ2n) is 4.40. The molecule has 0 unspecified atom stereocenters. The van der Waals surface area contributed by atoms with Crippen LogP contribution in [0.5, 0.6) is 0 Å². The summed E-state index contributed by atoms with van der Waals surface area (Å²) >= 11 is 6.06. The monoisotopic (exact) mass is 251 g/mol. The van der Waals surface area contributed by atoms with Gasteiger partial charge in [0.25, 0.3) is 0 Å². The molecule has 1 aromatic rings. The number of nitrogens with zero attached hydrogens (tertiary/aromatic N) is 2. The predicted octanol–water partition coefficient (Wildman–Crippen LogP) is 3.08. The molecule has 0 radical (unpaired) electrons. The van der Waals surface area contributed by atoms with Crippen molar-refractivity contribution < 1.29 is 0 Å². The normalized spacial score (nSPS) is 17.3. The molecule has 1 aromatic carbocycles. The molecule has 92 valence electrons. The molecule has 0 bridgehead atoms. The fourth-order valence-electron chi connectivity index (χ4n) is 2.03. The van der Waals surface area contributed by atoms with Gasteiger partial charge in [-0.25, -0.2) is 4.99 Å². The van der Waals surface area contributed by atoms with E-state index < -0.39 is 0 Å². The molecular formula is C13H18ClN3. The van der Waals surface area contributed by atoms with Crippen molar-refractivity contribution >= 4 is 23.2 Å². The van der Waals surface area contributed by atoms with Gasteiger partial charge < -0.3 is 10.6 Å². The highest BCUT2D eigenvalue weighted by molar-refractivity contribution is 6.31. The maximum atomic E-state index is 6.06. The summed E-state index contributed by atoms with van der Waals surface area (Å²) < 4.78 is 0. The molecule has 1 aliphatic heterocycles. The zero-order valence-corrected chi connectivity index (χ0v) is 10.9. The van der Waals surface area contributed by atoms with Gasteiger partial charge in [-0.15, -0.1) is 0 Å². The second-order valence-corrected chi connectivity index (χ2v) is 4.81. The lowest BCUT2D eigenvalue weighted by atomic mass is 10.1. The fraction of sp³-hybridized carbons (Fsp3) is 0.462. The van der Waals surface area contributed by atoms with E-state index in [1.54, 1.807) is 0 Å². The quantitative estimate of drug-likeness (QED) is 0.616. The Morgan fingerprint density at radius 2 is 2.00 bits per heavy atom. The topological polar surface area (TPSA) is 41.6 Å². The summed E-state index contributed by atoms with van der Waals surface area (Å²) in [6.45, 7) is 3.98. The van der Waals surface area contributed by atoms with Crippen LogP contribution >= 0.6 is 11.6 Å². The molecular weight excluding hydrogens is 234 g/mol. The summed E-state index contributed by atoms with van der Waals surface area (Å²) in [6, 6.07) is 5.71. The van der Waals surface area contributed by atoms with E-state index >= 15 is 0 Å². The fourth-order valence-corrected chi connectivity index (χ4v) is 2.20. The van der Waals surface area contributed by atoms with Gasteiger partial charge in [-0.1, -0.05) is 17.7 Å². The molecule has 0 amide bonds. The maximum absolute atomic E-state index is 6.06. The van der Waals surface area contributed by atoms with Crippen molar-refractivity contribution in [2.45, 2.75) is 26.2 Å². The van der Waals surface area contributed by atoms with E-state index in [-0.39, 0.29) is 0 Å². The number of nitrogens with two attached hydrogens (primary N) is 1. The second kappa shape index (κ2) is 5.41. The van der Waals surface area contributed by atoms with Gasteiger partial charge in [0.2, 0.25) is 0 Å². The zero-order valence-electron chi connectivity index (χ0n) is 10.1. The largest absolute Gasteiger partial charge is 0.369 e. The first-order valence-electron chi connectivity index (χ1n) is 6.02. The summed E-state index contributed by atoms with van der Waals surface area (Å²) in [5.74, 6) is 0.607. The van der Waals surface area contributed by atoms with Gasteiger partial charge in [-0.2, -0.15) is 0 Å². The Kier molecular flexibility index (Phi) is 3.89. The highest BCUT2D eigenvalue weighted by Gasteiger charge is 2.12. The van der Waals surface area contributed by atoms with Gasteiger partial charge in [0.1, 0.15) is 0 Å². The summed E-state index contributed by atoms with van der Waals surface area (Å²) in [5, 5.41) is 0.734. The Balaban J connectivity index is 2.19. The van der Waals surface area contributed by atoms with Crippen LogP contribution in [0.1, 0.15) is 24.8 Å². The zero-order chi connectivity index (χ0) is 12.3. The van der Waals surface area contributed by atoms with Crippen molar-refractivity contribution in [2.24, 2.45) is 10.7 Å². The number of likely N-dealkylation sites (tertiary alicyclic amines) is 1. The third-order valence-electron chi connectivity index (χ3n) is 3.15. The molecule has 1 aliphatic rings. The minimum Gasteiger partial charge on any atom is -0.369 e. The van der Waals surface area contributed by atoms with Crippen LogP contribution in [0, 0.1) is 6.92 Å². The molecule has 3 nitrogen and oxygen atoms in total. The van der Waals surface area contributed by atoms with E-state index in [0.717, 1.165) is 29.4 Å². The number of aliphatic imine (C=N–C) groups is 1. The highest BCUT2D eigenvalue weighted by Crippen LogP contribution is 2.25. The number of halogens is 1. The standard InChI is InChI=1S/C13H18ClN3/c1-10-11(14)6-5-7-12(10)16-13(15)17-8-3-2-4-9-17/h5-7H,2-4,8-9H2,1H3,(H2,15,16). The first-order chi connectivity index (χ1) is 8.18. The first kappa shape index (κ1) is 12.2. The summed E-state index contributed by atoms with van der Waals surface area (Å²) in [5.41, 5.74) is 7.87. The van der Waals surface area contributed by atoms with Crippen molar-refractivity contribution in [1.82, 2.24) is 4.90 Å². The summed E-state index contributed by atoms with van der Waals surface area (Å²) in [6.07, 6.45) is 3.69. The van der Waals surface area contributed by atoms with Crippen molar-refractivity contribution in [3.8, 4) is 0 Å². The van der Waals surface area contributed by atoms with Crippen molar-refractivity contribution in [3.05, 3.63) is 28.8 Å². The molecule has 2 N–H and O–H groups in total. The molecule has 0 aliphatic carbocycles. The van der Waals surface area contributed by atoms with Gasteiger partial charge in [0.05, 0.1) is 5.69 Å². The van der Waals surface area contributed by atoms with Crippen LogP contribution in [0.25, 0.3) is 0 Å². The SMILES string of the molecule is Cc1c(Cl)cccc1N=C(N)N1CCCCC1. The molecule has 1 saturated heterocycles. The molecule has 0 aromatic heterocycles. The van der Waals surface area contributed by atoms with Crippen LogP contribution in [0.2, 0.25) is 5.02 Å². The third-order valence-corrected chi connectivity index (χ3v) is 3.56. The Morgan fingerprint density at radius 1 is 1.29 bits per heavy atom. The predicted molar refractivity (Wildman–Crippen MR) is 72.9 cm³/mol. The lowest BCUT2D eigenvalue weighted by Crippen LogP contribution is -2.40. The van der Waals surface area contributed by atoms with Gasteiger partial charge in [-0.3, -0.25) is 0 Å². The van der Waals surface area contributed by atoms with E-state index in [0.29, 0.717) is 5.96 Å². The van der Waals surface area contributed by atoms with E-state index in [9.17, 15) is 0 Å². The van der Waals surface area contributed by atoms with E-state index in [2.05, 4.69) is 9.89 Å². The summed E-state index contributed by atoms with van der Waals surface area (Å²) in [7, 11) is 0. The van der Waals surface area contributed by atoms with Crippen molar-refractivity contribution in [2.75, 3.05) is 13.1 Å². The minimum absolute atomic E-state index is 0.607. The molecule has 0 atom stereocenters. The molecule has 1 heterocycles. The summed E-state index contributed by atoms with van der Waals surface area (Å²) in [4.78, 5) is 6.62. The maximum Gasteiger partial charge on any atom is 0.196 e. The number of hydrogen-bond acceptors (Lipinski definition) is 1. The minimum atomic E-state index is 0.607. The molecule has 17 heavy (non-hydrogen) atoms. The van der Waals surface area contributed by atoms with Crippen molar-refractivity contribution in [1.29, 1.82) is 0 Å². The van der Waals surface area contributed by atoms with Crippen LogP contribution in [-0.4, -0.2) is 23.9 Å². The van der Waals surface area contributed by atoms with Crippen LogP contribution < -0.4 is 5.73 Å². The molecule has 2 rings (SSSR count). The van der Waals surface area contributed by atoms with E-state index in [1.165, 1.54) is 19.3 Å². The number of rotatable bonds is 1. The van der Waals surface area contributed by atoms with E-state index in [4.69, 9.17) is 17.3 Å². The Morgan fingerprint density at radius 3 is 2.71 bits per heavy atom. The van der Waals surface area contributed by atoms with Gasteiger partial charge >= 0.3 is 0 Å². The van der Waals surface area contributed by atoms with Gasteiger partial charge in [0.15, 0.2) is 5.96 Å². The highest BCUT2D eigenvalue weighted by atomic mass is 35.5. The lowest BCUT2D eigenvalue weighted by molar-refractivity contribution is 0.339. The lowest BCUT2D eigenvalue weighted by Gasteiger charge is -2.27. The average Bonchev–Trinajstić information content (AvgIpc) is 2.36. The van der Waals surface area contributed by atoms with Crippen LogP contribution in [0.15, 0.2) is 23.2 Å². The van der Waals surface area contributed by atoms with Crippen LogP contribution in [-0.2, 0) is 0 Å². The average molecular weight is 252 g/mol. The third kappa shape index (κ3) is 2.91. The smallest absolute Gasteiger partial charge is 0.196 e. The number of hydrogen-bond donors (Lipinski definition) is 1. The number of guanidine groups is 1. The molecule has 0 saturated carbocycles.